The smallest absolute Gasteiger partial charge is 0.264 e. The summed E-state index contributed by atoms with van der Waals surface area (Å²) in [6, 6.07) is 17.3. The van der Waals surface area contributed by atoms with E-state index in [1.54, 1.807) is 11.9 Å². The highest BCUT2D eigenvalue weighted by atomic mass is 16.5. The zero-order valence-electron chi connectivity index (χ0n) is 15.4. The number of carbonyl (C=O) groups is 1. The number of carbonyl (C=O) groups excluding carboxylic acids is 1. The first-order chi connectivity index (χ1) is 12.1. The molecule has 0 radical (unpaired) electrons. The van der Waals surface area contributed by atoms with Gasteiger partial charge in [-0.25, -0.2) is 0 Å². The minimum absolute atomic E-state index is 0.0156. The standard InChI is InChI=1S/C21H28N2O2/c1-4-17(2)13-14-22-18-9-8-12-20(15-18)25-16-21(24)23(3)19-10-6-5-7-11-19/h5-12,15,17,22H,4,13-14,16H2,1-3H3. The van der Waals surface area contributed by atoms with Gasteiger partial charge in [-0.3, -0.25) is 4.79 Å². The molecule has 1 atom stereocenters. The number of hydrogen-bond acceptors (Lipinski definition) is 3. The van der Waals surface area contributed by atoms with Gasteiger partial charge >= 0.3 is 0 Å². The molecule has 2 rings (SSSR count). The number of rotatable bonds is 9. The van der Waals surface area contributed by atoms with E-state index in [0.717, 1.165) is 30.3 Å². The van der Waals surface area contributed by atoms with Crippen molar-refractivity contribution in [2.45, 2.75) is 26.7 Å². The van der Waals surface area contributed by atoms with Gasteiger partial charge in [0, 0.05) is 31.0 Å². The van der Waals surface area contributed by atoms with Crippen LogP contribution in [0.25, 0.3) is 0 Å². The van der Waals surface area contributed by atoms with Gasteiger partial charge in [-0.2, -0.15) is 0 Å². The van der Waals surface area contributed by atoms with Crippen LogP contribution >= 0.6 is 0 Å². The first kappa shape index (κ1) is 18.8. The molecule has 0 aliphatic rings. The van der Waals surface area contributed by atoms with Crippen LogP contribution in [-0.2, 0) is 4.79 Å². The molecule has 2 aromatic rings. The maximum absolute atomic E-state index is 12.3. The lowest BCUT2D eigenvalue weighted by atomic mass is 10.1. The predicted molar refractivity (Wildman–Crippen MR) is 104 cm³/mol. The molecule has 0 aromatic heterocycles. The minimum Gasteiger partial charge on any atom is -0.484 e. The number of anilines is 2. The highest BCUT2D eigenvalue weighted by Gasteiger charge is 2.11. The molecule has 1 amide bonds. The van der Waals surface area contributed by atoms with Crippen LogP contribution in [0.5, 0.6) is 5.75 Å². The Morgan fingerprint density at radius 2 is 1.92 bits per heavy atom. The number of benzene rings is 2. The number of amides is 1. The predicted octanol–water partition coefficient (Wildman–Crippen LogP) is 4.58. The number of ether oxygens (including phenoxy) is 1. The molecule has 0 fully saturated rings. The first-order valence-corrected chi connectivity index (χ1v) is 8.88. The average Bonchev–Trinajstić information content (AvgIpc) is 2.66. The Morgan fingerprint density at radius 1 is 1.16 bits per heavy atom. The summed E-state index contributed by atoms with van der Waals surface area (Å²) >= 11 is 0. The van der Waals surface area contributed by atoms with Crippen LogP contribution in [-0.4, -0.2) is 26.1 Å². The zero-order chi connectivity index (χ0) is 18.1. The monoisotopic (exact) mass is 340 g/mol. The van der Waals surface area contributed by atoms with Gasteiger partial charge in [-0.05, 0) is 36.6 Å². The van der Waals surface area contributed by atoms with E-state index >= 15 is 0 Å². The number of likely N-dealkylation sites (N-methyl/N-ethyl adjacent to an activating group) is 1. The van der Waals surface area contributed by atoms with Gasteiger partial charge in [0.1, 0.15) is 5.75 Å². The molecule has 2 aromatic carbocycles. The Balaban J connectivity index is 1.84. The van der Waals surface area contributed by atoms with Crippen molar-refractivity contribution in [2.24, 2.45) is 5.92 Å². The van der Waals surface area contributed by atoms with Crippen LogP contribution in [0.1, 0.15) is 26.7 Å². The van der Waals surface area contributed by atoms with E-state index < -0.39 is 0 Å². The molecular weight excluding hydrogens is 312 g/mol. The van der Waals surface area contributed by atoms with Crippen LogP contribution in [0.2, 0.25) is 0 Å². The Hall–Kier alpha value is -2.49. The summed E-state index contributed by atoms with van der Waals surface area (Å²) in [6.07, 6.45) is 2.34. The van der Waals surface area contributed by atoms with Gasteiger partial charge < -0.3 is 15.0 Å². The van der Waals surface area contributed by atoms with Crippen molar-refractivity contribution in [1.82, 2.24) is 0 Å². The molecule has 0 aliphatic carbocycles. The fourth-order valence-corrected chi connectivity index (χ4v) is 2.40. The maximum Gasteiger partial charge on any atom is 0.264 e. The summed E-state index contributed by atoms with van der Waals surface area (Å²) in [6.45, 7) is 5.43. The minimum atomic E-state index is -0.0821. The van der Waals surface area contributed by atoms with Crippen molar-refractivity contribution in [3.8, 4) is 5.75 Å². The number of para-hydroxylation sites is 1. The normalized spacial score (nSPS) is 11.6. The van der Waals surface area contributed by atoms with E-state index in [2.05, 4.69) is 19.2 Å². The number of nitrogens with one attached hydrogen (secondary N) is 1. The third-order valence-electron chi connectivity index (χ3n) is 4.38. The van der Waals surface area contributed by atoms with Crippen LogP contribution in [0.4, 0.5) is 11.4 Å². The second-order valence-corrected chi connectivity index (χ2v) is 6.33. The van der Waals surface area contributed by atoms with Gasteiger partial charge in [-0.1, -0.05) is 44.5 Å². The topological polar surface area (TPSA) is 41.6 Å². The van der Waals surface area contributed by atoms with Crippen molar-refractivity contribution in [3.63, 3.8) is 0 Å². The van der Waals surface area contributed by atoms with Gasteiger partial charge in [-0.15, -0.1) is 0 Å². The van der Waals surface area contributed by atoms with E-state index in [1.165, 1.54) is 6.42 Å². The SMILES string of the molecule is CCC(C)CCNc1cccc(OCC(=O)N(C)c2ccccc2)c1. The third-order valence-corrected chi connectivity index (χ3v) is 4.38. The van der Waals surface area contributed by atoms with Crippen molar-refractivity contribution in [2.75, 3.05) is 30.4 Å². The molecule has 0 heterocycles. The van der Waals surface area contributed by atoms with Crippen molar-refractivity contribution >= 4 is 17.3 Å². The molecular formula is C21H28N2O2. The molecule has 0 spiro atoms. The van der Waals surface area contributed by atoms with Gasteiger partial charge in [0.05, 0.1) is 0 Å². The van der Waals surface area contributed by atoms with E-state index in [-0.39, 0.29) is 12.5 Å². The lowest BCUT2D eigenvalue weighted by Gasteiger charge is -2.17. The van der Waals surface area contributed by atoms with Gasteiger partial charge in [0.25, 0.3) is 5.91 Å². The van der Waals surface area contributed by atoms with E-state index in [9.17, 15) is 4.79 Å². The van der Waals surface area contributed by atoms with Crippen molar-refractivity contribution in [3.05, 3.63) is 54.6 Å². The van der Waals surface area contributed by atoms with Gasteiger partial charge in [0.2, 0.25) is 0 Å². The van der Waals surface area contributed by atoms with Crippen LogP contribution in [0, 0.1) is 5.92 Å². The molecule has 25 heavy (non-hydrogen) atoms. The fraction of sp³-hybridized carbons (Fsp3) is 0.381. The molecule has 0 aliphatic heterocycles. The molecule has 4 nitrogen and oxygen atoms in total. The first-order valence-electron chi connectivity index (χ1n) is 8.88. The van der Waals surface area contributed by atoms with Gasteiger partial charge in [0.15, 0.2) is 6.61 Å². The Kier molecular flexibility index (Phi) is 7.33. The summed E-state index contributed by atoms with van der Waals surface area (Å²) in [5.41, 5.74) is 1.88. The lowest BCUT2D eigenvalue weighted by molar-refractivity contribution is -0.120. The second kappa shape index (κ2) is 9.72. The molecule has 0 saturated heterocycles. The Labute approximate surface area is 150 Å². The molecule has 4 heteroatoms. The molecule has 1 unspecified atom stereocenters. The third kappa shape index (κ3) is 6.14. The number of hydrogen-bond donors (Lipinski definition) is 1. The molecule has 1 N–H and O–H groups in total. The summed E-state index contributed by atoms with van der Waals surface area (Å²) < 4.78 is 5.67. The summed E-state index contributed by atoms with van der Waals surface area (Å²) in [5, 5.41) is 3.41. The van der Waals surface area contributed by atoms with E-state index in [1.807, 2.05) is 54.6 Å². The Bertz CT molecular complexity index is 658. The van der Waals surface area contributed by atoms with Crippen molar-refractivity contribution < 1.29 is 9.53 Å². The largest absolute Gasteiger partial charge is 0.484 e. The summed E-state index contributed by atoms with van der Waals surface area (Å²) in [5.74, 6) is 1.34. The highest BCUT2D eigenvalue weighted by Crippen LogP contribution is 2.18. The fourth-order valence-electron chi connectivity index (χ4n) is 2.40. The second-order valence-electron chi connectivity index (χ2n) is 6.33. The summed E-state index contributed by atoms with van der Waals surface area (Å²) in [4.78, 5) is 13.9. The summed E-state index contributed by atoms with van der Waals surface area (Å²) in [7, 11) is 1.76. The molecule has 0 bridgehead atoms. The van der Waals surface area contributed by atoms with Crippen LogP contribution in [0.3, 0.4) is 0 Å². The molecule has 0 saturated carbocycles. The lowest BCUT2D eigenvalue weighted by Crippen LogP contribution is -2.31. The molecule has 134 valence electrons. The Morgan fingerprint density at radius 3 is 2.64 bits per heavy atom. The maximum atomic E-state index is 12.3. The van der Waals surface area contributed by atoms with Crippen molar-refractivity contribution in [1.29, 1.82) is 0 Å². The van der Waals surface area contributed by atoms with E-state index in [4.69, 9.17) is 4.74 Å². The van der Waals surface area contributed by atoms with E-state index in [0.29, 0.717) is 5.75 Å². The average molecular weight is 340 g/mol. The van der Waals surface area contributed by atoms with Crippen LogP contribution in [0.15, 0.2) is 54.6 Å². The number of nitrogens with zero attached hydrogens (tertiary/aromatic N) is 1. The highest BCUT2D eigenvalue weighted by molar-refractivity contribution is 5.93. The zero-order valence-corrected chi connectivity index (χ0v) is 15.4. The van der Waals surface area contributed by atoms with Crippen LogP contribution < -0.4 is 15.0 Å². The quantitative estimate of drug-likeness (QED) is 0.726.